The molecule has 0 radical (unpaired) electrons. The zero-order valence-corrected chi connectivity index (χ0v) is 13.4. The first-order valence-corrected chi connectivity index (χ1v) is 7.72. The van der Waals surface area contributed by atoms with Crippen molar-refractivity contribution in [1.29, 1.82) is 0 Å². The van der Waals surface area contributed by atoms with Crippen LogP contribution in [0.25, 0.3) is 22.6 Å². The van der Waals surface area contributed by atoms with Crippen LogP contribution in [0.2, 0.25) is 5.02 Å². The van der Waals surface area contributed by atoms with E-state index >= 15 is 0 Å². The Morgan fingerprint density at radius 3 is 2.44 bits per heavy atom. The predicted octanol–water partition coefficient (Wildman–Crippen LogP) is 4.08. The van der Waals surface area contributed by atoms with Gasteiger partial charge < -0.3 is 4.40 Å². The van der Waals surface area contributed by atoms with Gasteiger partial charge in [-0.15, -0.1) is 0 Å². The molecule has 4 nitrogen and oxygen atoms in total. The van der Waals surface area contributed by atoms with Crippen LogP contribution in [0.5, 0.6) is 0 Å². The Balaban J connectivity index is 1.86. The standard InChI is InChI=1S/C18H10ClF2N3O/c19-12-3-1-11(2-4-12)16-10-23-7-8-24(18(25)17(23)22-16)13-5-6-14(20)15(21)9-13/h1-10H. The van der Waals surface area contributed by atoms with Gasteiger partial charge in [0.15, 0.2) is 11.6 Å². The van der Waals surface area contributed by atoms with Crippen LogP contribution in [-0.4, -0.2) is 14.0 Å². The maximum atomic E-state index is 13.4. The van der Waals surface area contributed by atoms with Gasteiger partial charge in [0.05, 0.1) is 11.4 Å². The van der Waals surface area contributed by atoms with Gasteiger partial charge in [-0.05, 0) is 24.3 Å². The summed E-state index contributed by atoms with van der Waals surface area (Å²) < 4.78 is 29.4. The van der Waals surface area contributed by atoms with Gasteiger partial charge >= 0.3 is 0 Å². The highest BCUT2D eigenvalue weighted by molar-refractivity contribution is 6.30. The number of halogens is 3. The van der Waals surface area contributed by atoms with E-state index in [4.69, 9.17) is 11.6 Å². The summed E-state index contributed by atoms with van der Waals surface area (Å²) in [5.74, 6) is -1.99. The zero-order valence-electron chi connectivity index (χ0n) is 12.7. The summed E-state index contributed by atoms with van der Waals surface area (Å²) in [7, 11) is 0. The molecule has 25 heavy (non-hydrogen) atoms. The van der Waals surface area contributed by atoms with Crippen LogP contribution in [0.1, 0.15) is 0 Å². The molecule has 0 unspecified atom stereocenters. The lowest BCUT2D eigenvalue weighted by Crippen LogP contribution is -2.20. The molecule has 0 amide bonds. The number of aromatic nitrogens is 3. The van der Waals surface area contributed by atoms with Crippen molar-refractivity contribution in [1.82, 2.24) is 14.0 Å². The fourth-order valence-electron chi connectivity index (χ4n) is 2.58. The van der Waals surface area contributed by atoms with Gasteiger partial charge in [0, 0.05) is 35.2 Å². The Morgan fingerprint density at radius 2 is 1.72 bits per heavy atom. The average molecular weight is 358 g/mol. The van der Waals surface area contributed by atoms with Crippen molar-refractivity contribution in [3.05, 3.63) is 88.1 Å². The molecule has 4 rings (SSSR count). The van der Waals surface area contributed by atoms with Crippen molar-refractivity contribution in [3.8, 4) is 16.9 Å². The van der Waals surface area contributed by atoms with Crippen molar-refractivity contribution in [2.75, 3.05) is 0 Å². The number of rotatable bonds is 2. The summed E-state index contributed by atoms with van der Waals surface area (Å²) in [4.78, 5) is 17.0. The SMILES string of the molecule is O=c1c2nc(-c3ccc(Cl)cc3)cn2ccn1-c1ccc(F)c(F)c1. The molecular formula is C18H10ClF2N3O. The second-order valence-corrected chi connectivity index (χ2v) is 5.87. The maximum Gasteiger partial charge on any atom is 0.298 e. The molecule has 0 atom stereocenters. The van der Waals surface area contributed by atoms with Crippen LogP contribution >= 0.6 is 11.6 Å². The van der Waals surface area contributed by atoms with E-state index in [2.05, 4.69) is 4.98 Å². The fraction of sp³-hybridized carbons (Fsp3) is 0. The van der Waals surface area contributed by atoms with Crippen LogP contribution < -0.4 is 5.56 Å². The third-order valence-electron chi connectivity index (χ3n) is 3.84. The molecule has 4 aromatic rings. The van der Waals surface area contributed by atoms with Gasteiger partial charge in [-0.2, -0.15) is 0 Å². The van der Waals surface area contributed by atoms with Crippen molar-refractivity contribution >= 4 is 17.2 Å². The Labute approximate surface area is 145 Å². The first-order chi connectivity index (χ1) is 12.0. The highest BCUT2D eigenvalue weighted by Gasteiger charge is 2.11. The van der Waals surface area contributed by atoms with Crippen molar-refractivity contribution < 1.29 is 8.78 Å². The minimum absolute atomic E-state index is 0.178. The molecule has 7 heteroatoms. The number of hydrogen-bond donors (Lipinski definition) is 0. The first kappa shape index (κ1) is 15.5. The molecule has 2 heterocycles. The lowest BCUT2D eigenvalue weighted by molar-refractivity contribution is 0.508. The number of nitrogens with zero attached hydrogens (tertiary/aromatic N) is 3. The van der Waals surface area contributed by atoms with Gasteiger partial charge in [-0.3, -0.25) is 9.36 Å². The molecule has 0 aliphatic heterocycles. The number of imidazole rings is 1. The molecular weight excluding hydrogens is 348 g/mol. The van der Waals surface area contributed by atoms with Crippen LogP contribution in [0.15, 0.2) is 65.8 Å². The van der Waals surface area contributed by atoms with Crippen LogP contribution in [0.3, 0.4) is 0 Å². The van der Waals surface area contributed by atoms with Crippen molar-refractivity contribution in [2.45, 2.75) is 0 Å². The molecule has 0 fully saturated rings. The highest BCUT2D eigenvalue weighted by Crippen LogP contribution is 2.20. The second kappa shape index (κ2) is 5.82. The molecule has 0 aliphatic carbocycles. The number of fused-ring (bicyclic) bond motifs is 1. The maximum absolute atomic E-state index is 13.4. The molecule has 0 saturated heterocycles. The Hall–Kier alpha value is -2.99. The van der Waals surface area contributed by atoms with Gasteiger partial charge in [0.2, 0.25) is 5.65 Å². The van der Waals surface area contributed by atoms with E-state index in [0.717, 1.165) is 17.7 Å². The summed E-state index contributed by atoms with van der Waals surface area (Å²) in [5, 5.41) is 0.605. The van der Waals surface area contributed by atoms with Gasteiger partial charge in [0.1, 0.15) is 0 Å². The topological polar surface area (TPSA) is 39.3 Å². The van der Waals surface area contributed by atoms with E-state index in [0.29, 0.717) is 10.7 Å². The summed E-state index contributed by atoms with van der Waals surface area (Å²) in [6, 6.07) is 10.4. The third kappa shape index (κ3) is 2.70. The molecule has 2 aromatic heterocycles. The number of hydrogen-bond acceptors (Lipinski definition) is 2. The molecule has 0 N–H and O–H groups in total. The second-order valence-electron chi connectivity index (χ2n) is 5.44. The van der Waals surface area contributed by atoms with Gasteiger partial charge in [-0.25, -0.2) is 13.8 Å². The quantitative estimate of drug-likeness (QED) is 0.542. The van der Waals surface area contributed by atoms with Crippen molar-refractivity contribution in [2.24, 2.45) is 0 Å². The monoisotopic (exact) mass is 357 g/mol. The smallest absolute Gasteiger partial charge is 0.298 e. The Bertz CT molecular complexity index is 1150. The largest absolute Gasteiger partial charge is 0.300 e. The zero-order chi connectivity index (χ0) is 17.6. The van der Waals surface area contributed by atoms with E-state index in [-0.39, 0.29) is 11.3 Å². The van der Waals surface area contributed by atoms with E-state index in [1.165, 1.54) is 16.8 Å². The van der Waals surface area contributed by atoms with E-state index in [1.807, 2.05) is 0 Å². The average Bonchev–Trinajstić information content (AvgIpc) is 3.04. The highest BCUT2D eigenvalue weighted by atomic mass is 35.5. The molecule has 0 saturated carbocycles. The molecule has 124 valence electrons. The lowest BCUT2D eigenvalue weighted by atomic mass is 10.2. The van der Waals surface area contributed by atoms with E-state index in [9.17, 15) is 13.6 Å². The molecule has 0 aliphatic rings. The minimum atomic E-state index is -1.02. The van der Waals surface area contributed by atoms with Gasteiger partial charge in [-0.1, -0.05) is 23.7 Å². The minimum Gasteiger partial charge on any atom is -0.300 e. The van der Waals surface area contributed by atoms with Gasteiger partial charge in [0.25, 0.3) is 5.56 Å². The normalized spacial score (nSPS) is 11.2. The molecule has 0 spiro atoms. The summed E-state index contributed by atoms with van der Waals surface area (Å²) in [5.41, 5.74) is 1.39. The van der Waals surface area contributed by atoms with Crippen LogP contribution in [0, 0.1) is 11.6 Å². The van der Waals surface area contributed by atoms with E-state index < -0.39 is 17.2 Å². The van der Waals surface area contributed by atoms with Crippen molar-refractivity contribution in [3.63, 3.8) is 0 Å². The fourth-order valence-corrected chi connectivity index (χ4v) is 2.70. The van der Waals surface area contributed by atoms with Crippen LogP contribution in [0.4, 0.5) is 8.78 Å². The van der Waals surface area contributed by atoms with Crippen LogP contribution in [-0.2, 0) is 0 Å². The first-order valence-electron chi connectivity index (χ1n) is 7.35. The third-order valence-corrected chi connectivity index (χ3v) is 4.09. The Morgan fingerprint density at radius 1 is 0.960 bits per heavy atom. The number of benzene rings is 2. The Kier molecular flexibility index (Phi) is 3.62. The summed E-state index contributed by atoms with van der Waals surface area (Å²) in [6.45, 7) is 0. The molecule has 0 bridgehead atoms. The van der Waals surface area contributed by atoms with E-state index in [1.54, 1.807) is 41.1 Å². The predicted molar refractivity (Wildman–Crippen MR) is 91.2 cm³/mol. The summed E-state index contributed by atoms with van der Waals surface area (Å²) in [6.07, 6.45) is 4.83. The lowest BCUT2D eigenvalue weighted by Gasteiger charge is -2.06. The summed E-state index contributed by atoms with van der Waals surface area (Å²) >= 11 is 5.88. The molecule has 2 aromatic carbocycles.